The van der Waals surface area contributed by atoms with E-state index in [9.17, 15) is 4.79 Å². The van der Waals surface area contributed by atoms with Gasteiger partial charge in [-0.2, -0.15) is 0 Å². The molecule has 2 aliphatic heterocycles. The predicted molar refractivity (Wildman–Crippen MR) is 65.7 cm³/mol. The summed E-state index contributed by atoms with van der Waals surface area (Å²) in [5, 5.41) is 3.09. The molecule has 0 aromatic rings. The van der Waals surface area contributed by atoms with Crippen molar-refractivity contribution in [1.29, 1.82) is 0 Å². The molecular formula is C12H17N3O2. The van der Waals surface area contributed by atoms with Gasteiger partial charge in [0.15, 0.2) is 5.78 Å². The summed E-state index contributed by atoms with van der Waals surface area (Å²) < 4.78 is 5.79. The van der Waals surface area contributed by atoms with Crippen LogP contribution in [0.4, 0.5) is 0 Å². The van der Waals surface area contributed by atoms with Gasteiger partial charge in [-0.05, 0) is 20.0 Å². The normalized spacial score (nSPS) is 23.5. The van der Waals surface area contributed by atoms with E-state index in [1.165, 1.54) is 12.3 Å². The second-order valence-corrected chi connectivity index (χ2v) is 4.23. The summed E-state index contributed by atoms with van der Waals surface area (Å²) in [6.45, 7) is 1.64. The van der Waals surface area contributed by atoms with E-state index in [0.717, 1.165) is 19.5 Å². The highest BCUT2D eigenvalue weighted by Crippen LogP contribution is 2.17. The third kappa shape index (κ3) is 2.74. The fraction of sp³-hybridized carbons (Fsp3) is 0.500. The number of hydrogen-bond acceptors (Lipinski definition) is 5. The van der Waals surface area contributed by atoms with Gasteiger partial charge < -0.3 is 15.0 Å². The van der Waals surface area contributed by atoms with E-state index < -0.39 is 0 Å². The molecule has 0 saturated carbocycles. The maximum Gasteiger partial charge on any atom is 0.226 e. The van der Waals surface area contributed by atoms with E-state index in [-0.39, 0.29) is 11.9 Å². The van der Waals surface area contributed by atoms with Crippen molar-refractivity contribution < 1.29 is 9.53 Å². The third-order valence-electron chi connectivity index (χ3n) is 2.75. The van der Waals surface area contributed by atoms with Crippen molar-refractivity contribution in [3.8, 4) is 0 Å². The van der Waals surface area contributed by atoms with Crippen LogP contribution in [0.5, 0.6) is 0 Å². The number of hydrogen-bond donors (Lipinski definition) is 1. The second-order valence-electron chi connectivity index (χ2n) is 4.23. The minimum absolute atomic E-state index is 0.0453. The van der Waals surface area contributed by atoms with Crippen LogP contribution in [0.2, 0.25) is 0 Å². The molecule has 17 heavy (non-hydrogen) atoms. The van der Waals surface area contributed by atoms with Crippen molar-refractivity contribution in [3.05, 3.63) is 24.0 Å². The van der Waals surface area contributed by atoms with Crippen LogP contribution in [-0.4, -0.2) is 49.9 Å². The van der Waals surface area contributed by atoms with E-state index in [0.29, 0.717) is 11.5 Å². The van der Waals surface area contributed by atoms with Crippen LogP contribution in [-0.2, 0) is 9.53 Å². The van der Waals surface area contributed by atoms with Crippen molar-refractivity contribution >= 4 is 11.7 Å². The summed E-state index contributed by atoms with van der Waals surface area (Å²) >= 11 is 0. The summed E-state index contributed by atoms with van der Waals surface area (Å²) in [6.07, 6.45) is 5.71. The van der Waals surface area contributed by atoms with E-state index in [2.05, 4.69) is 10.3 Å². The Morgan fingerprint density at radius 3 is 3.24 bits per heavy atom. The van der Waals surface area contributed by atoms with Gasteiger partial charge in [0.2, 0.25) is 5.90 Å². The Kier molecular flexibility index (Phi) is 3.58. The molecule has 0 aromatic heterocycles. The summed E-state index contributed by atoms with van der Waals surface area (Å²) in [5.74, 6) is 0.402. The van der Waals surface area contributed by atoms with Gasteiger partial charge in [0.25, 0.3) is 0 Å². The largest absolute Gasteiger partial charge is 0.472 e. The summed E-state index contributed by atoms with van der Waals surface area (Å²) in [6, 6.07) is 0. The van der Waals surface area contributed by atoms with Crippen molar-refractivity contribution in [2.45, 2.75) is 12.5 Å². The van der Waals surface area contributed by atoms with Gasteiger partial charge in [-0.1, -0.05) is 0 Å². The molecule has 1 atom stereocenters. The minimum atomic E-state index is -0.0453. The van der Waals surface area contributed by atoms with Crippen LogP contribution >= 0.6 is 0 Å². The van der Waals surface area contributed by atoms with E-state index in [4.69, 9.17) is 4.74 Å². The average molecular weight is 235 g/mol. The lowest BCUT2D eigenvalue weighted by Crippen LogP contribution is -2.30. The molecule has 2 aliphatic rings. The number of carbonyl (C=O) groups is 1. The molecule has 92 valence electrons. The van der Waals surface area contributed by atoms with Gasteiger partial charge in [-0.3, -0.25) is 4.79 Å². The topological polar surface area (TPSA) is 53.9 Å². The first-order valence-corrected chi connectivity index (χ1v) is 5.73. The van der Waals surface area contributed by atoms with Gasteiger partial charge in [-0.15, -0.1) is 0 Å². The molecule has 5 nitrogen and oxygen atoms in total. The first-order chi connectivity index (χ1) is 8.20. The molecule has 0 fully saturated rings. The average Bonchev–Trinajstić information content (AvgIpc) is 2.46. The molecule has 0 amide bonds. The zero-order chi connectivity index (χ0) is 12.3. The standard InChI is InChI=1S/C12H17N3O2/c1-13-5-3-9-7-15(2)8-10-11(16)4-6-14-12(10)17-9/h4,6,8-9,13H,3,5,7H2,1-2H3. The summed E-state index contributed by atoms with van der Waals surface area (Å²) in [5.41, 5.74) is 0.543. The number of rotatable bonds is 3. The Hall–Kier alpha value is -1.62. The Balaban J connectivity index is 2.16. The van der Waals surface area contributed by atoms with E-state index in [1.54, 1.807) is 0 Å². The van der Waals surface area contributed by atoms with Crippen molar-refractivity contribution in [3.63, 3.8) is 0 Å². The lowest BCUT2D eigenvalue weighted by molar-refractivity contribution is -0.111. The molecule has 0 bridgehead atoms. The quantitative estimate of drug-likeness (QED) is 0.764. The van der Waals surface area contributed by atoms with Crippen LogP contribution in [0.3, 0.4) is 0 Å². The zero-order valence-electron chi connectivity index (χ0n) is 10.1. The highest BCUT2D eigenvalue weighted by Gasteiger charge is 2.26. The lowest BCUT2D eigenvalue weighted by Gasteiger charge is -2.20. The summed E-state index contributed by atoms with van der Waals surface area (Å²) in [4.78, 5) is 17.8. The molecule has 0 aromatic carbocycles. The number of ketones is 1. The number of allylic oxidation sites excluding steroid dienone is 1. The van der Waals surface area contributed by atoms with E-state index in [1.807, 2.05) is 25.2 Å². The molecular weight excluding hydrogens is 218 g/mol. The number of ether oxygens (including phenoxy) is 1. The molecule has 5 heteroatoms. The first kappa shape index (κ1) is 11.9. The predicted octanol–water partition coefficient (Wildman–Crippen LogP) is 0.305. The molecule has 0 spiro atoms. The number of nitrogens with one attached hydrogen (secondary N) is 1. The second kappa shape index (κ2) is 5.14. The van der Waals surface area contributed by atoms with Crippen LogP contribution in [0.25, 0.3) is 0 Å². The van der Waals surface area contributed by atoms with Gasteiger partial charge in [0.1, 0.15) is 6.10 Å². The van der Waals surface area contributed by atoms with Gasteiger partial charge >= 0.3 is 0 Å². The minimum Gasteiger partial charge on any atom is -0.472 e. The molecule has 0 aliphatic carbocycles. The third-order valence-corrected chi connectivity index (χ3v) is 2.75. The Labute approximate surface area is 101 Å². The Morgan fingerprint density at radius 2 is 2.47 bits per heavy atom. The van der Waals surface area contributed by atoms with Gasteiger partial charge in [0.05, 0.1) is 12.1 Å². The van der Waals surface area contributed by atoms with E-state index >= 15 is 0 Å². The number of aliphatic imine (C=N–C) groups is 1. The van der Waals surface area contributed by atoms with Crippen molar-refractivity contribution in [2.24, 2.45) is 4.99 Å². The highest BCUT2D eigenvalue weighted by molar-refractivity contribution is 6.24. The Morgan fingerprint density at radius 1 is 1.65 bits per heavy atom. The molecule has 2 heterocycles. The van der Waals surface area contributed by atoms with Crippen LogP contribution in [0.1, 0.15) is 6.42 Å². The summed E-state index contributed by atoms with van der Waals surface area (Å²) in [7, 11) is 3.85. The van der Waals surface area contributed by atoms with Crippen molar-refractivity contribution in [1.82, 2.24) is 10.2 Å². The van der Waals surface area contributed by atoms with Gasteiger partial charge in [-0.25, -0.2) is 4.99 Å². The van der Waals surface area contributed by atoms with Crippen molar-refractivity contribution in [2.75, 3.05) is 27.2 Å². The van der Waals surface area contributed by atoms with Crippen LogP contribution in [0, 0.1) is 0 Å². The lowest BCUT2D eigenvalue weighted by atomic mass is 10.1. The zero-order valence-corrected chi connectivity index (χ0v) is 10.1. The fourth-order valence-corrected chi connectivity index (χ4v) is 1.90. The highest BCUT2D eigenvalue weighted by atomic mass is 16.5. The monoisotopic (exact) mass is 235 g/mol. The Bertz CT molecular complexity index is 399. The molecule has 0 radical (unpaired) electrons. The number of likely N-dealkylation sites (N-methyl/N-ethyl adjacent to an activating group) is 1. The van der Waals surface area contributed by atoms with Gasteiger partial charge in [0, 0.05) is 25.5 Å². The number of fused-ring (bicyclic) bond motifs is 1. The number of nitrogens with zero attached hydrogens (tertiary/aromatic N) is 2. The fourth-order valence-electron chi connectivity index (χ4n) is 1.90. The molecule has 1 unspecified atom stereocenters. The molecule has 1 N–H and O–H groups in total. The maximum atomic E-state index is 11.7. The SMILES string of the molecule is CNCCC1CN(C)C=C2C(=O)C=CN=C2O1. The smallest absolute Gasteiger partial charge is 0.226 e. The molecule has 2 rings (SSSR count). The van der Waals surface area contributed by atoms with Crippen LogP contribution in [0.15, 0.2) is 29.0 Å². The maximum absolute atomic E-state index is 11.7. The van der Waals surface area contributed by atoms with Crippen LogP contribution < -0.4 is 5.32 Å². The molecule has 0 saturated heterocycles. The first-order valence-electron chi connectivity index (χ1n) is 5.73. The number of carbonyl (C=O) groups excluding carboxylic acids is 1.